The Morgan fingerprint density at radius 3 is 2.00 bits per heavy atom. The van der Waals surface area contributed by atoms with Gasteiger partial charge in [-0.3, -0.25) is 14.4 Å². The molecule has 0 aliphatic heterocycles. The Kier molecular flexibility index (Phi) is 5.02. The lowest BCUT2D eigenvalue weighted by Gasteiger charge is -2.40. The summed E-state index contributed by atoms with van der Waals surface area (Å²) < 4.78 is 33.4. The van der Waals surface area contributed by atoms with E-state index >= 15 is 0 Å². The van der Waals surface area contributed by atoms with E-state index in [1.54, 1.807) is 13.0 Å². The van der Waals surface area contributed by atoms with Gasteiger partial charge >= 0.3 is 0 Å². The first kappa shape index (κ1) is 21.3. The molecule has 0 spiro atoms. The summed E-state index contributed by atoms with van der Waals surface area (Å²) in [4.78, 5) is 39.9. The maximum absolute atomic E-state index is 14.5. The minimum absolute atomic E-state index is 0.0213. The number of benzene rings is 1. The second-order valence-corrected chi connectivity index (χ2v) is 9.59. The molecule has 0 N–H and O–H groups in total. The summed E-state index contributed by atoms with van der Waals surface area (Å²) in [7, 11) is 1.25. The van der Waals surface area contributed by atoms with E-state index < -0.39 is 45.7 Å². The zero-order chi connectivity index (χ0) is 21.9. The van der Waals surface area contributed by atoms with Crippen molar-refractivity contribution in [3.8, 4) is 16.2 Å². The van der Waals surface area contributed by atoms with Crippen LogP contribution in [-0.2, 0) is 14.4 Å². The van der Waals surface area contributed by atoms with Crippen LogP contribution >= 0.6 is 11.3 Å². The first-order valence-electron chi connectivity index (χ1n) is 9.11. The molecular weight excluding hydrogens is 398 g/mol. The van der Waals surface area contributed by atoms with Gasteiger partial charge < -0.3 is 4.74 Å². The van der Waals surface area contributed by atoms with E-state index in [1.165, 1.54) is 46.1 Å². The van der Waals surface area contributed by atoms with Gasteiger partial charge in [0.2, 0.25) is 0 Å². The first-order valence-corrected chi connectivity index (χ1v) is 9.93. The predicted octanol–water partition coefficient (Wildman–Crippen LogP) is 4.87. The van der Waals surface area contributed by atoms with E-state index in [1.807, 2.05) is 0 Å². The Hall–Kier alpha value is -2.41. The molecule has 1 saturated carbocycles. The van der Waals surface area contributed by atoms with Gasteiger partial charge in [-0.1, -0.05) is 0 Å². The summed E-state index contributed by atoms with van der Waals surface area (Å²) in [6.45, 7) is 7.83. The molecule has 0 bridgehead atoms. The Bertz CT molecular complexity index is 1020. The molecule has 7 heteroatoms. The summed E-state index contributed by atoms with van der Waals surface area (Å²) >= 11 is 1.17. The molecule has 1 aliphatic carbocycles. The second kappa shape index (κ2) is 6.83. The lowest BCUT2D eigenvalue weighted by Crippen LogP contribution is -2.56. The molecule has 4 nitrogen and oxygen atoms in total. The molecule has 0 atom stereocenters. The summed E-state index contributed by atoms with van der Waals surface area (Å²) in [6, 6.07) is 3.54. The largest absolute Gasteiger partial charge is 0.494 e. The van der Waals surface area contributed by atoms with Crippen LogP contribution < -0.4 is 4.74 Å². The van der Waals surface area contributed by atoms with Crippen molar-refractivity contribution in [2.75, 3.05) is 7.11 Å². The molecule has 0 saturated heterocycles. The van der Waals surface area contributed by atoms with Crippen LogP contribution in [0.15, 0.2) is 18.2 Å². The average molecular weight is 420 g/mol. The summed E-state index contributed by atoms with van der Waals surface area (Å²) in [5.74, 6) is -4.07. The van der Waals surface area contributed by atoms with Crippen molar-refractivity contribution in [3.05, 3.63) is 40.3 Å². The molecular formula is C22H22F2O4S. The van der Waals surface area contributed by atoms with Crippen molar-refractivity contribution >= 4 is 28.7 Å². The van der Waals surface area contributed by atoms with Gasteiger partial charge in [-0.2, -0.15) is 0 Å². The van der Waals surface area contributed by atoms with Gasteiger partial charge in [0.25, 0.3) is 0 Å². The van der Waals surface area contributed by atoms with Crippen LogP contribution in [0.25, 0.3) is 10.4 Å². The molecule has 3 rings (SSSR count). The van der Waals surface area contributed by atoms with Gasteiger partial charge in [0.1, 0.15) is 11.7 Å². The SMILES string of the molecule is COc1cc(F)c(-c2cc(C3C(=O)C(C)(C)C(=O)C(C)(C)C3=O)c(C)s2)cc1F. The van der Waals surface area contributed by atoms with Crippen LogP contribution in [0.3, 0.4) is 0 Å². The van der Waals surface area contributed by atoms with Crippen molar-refractivity contribution in [2.24, 2.45) is 10.8 Å². The smallest absolute Gasteiger partial charge is 0.165 e. The number of rotatable bonds is 3. The number of methoxy groups -OCH3 is 1. The van der Waals surface area contributed by atoms with E-state index in [0.717, 1.165) is 12.1 Å². The highest BCUT2D eigenvalue weighted by Crippen LogP contribution is 2.47. The molecule has 0 unspecified atom stereocenters. The van der Waals surface area contributed by atoms with E-state index in [-0.39, 0.29) is 11.3 Å². The number of carbonyl (C=O) groups is 3. The molecule has 2 aromatic rings. The van der Waals surface area contributed by atoms with E-state index in [0.29, 0.717) is 15.3 Å². The van der Waals surface area contributed by atoms with Crippen molar-refractivity contribution in [1.29, 1.82) is 0 Å². The monoisotopic (exact) mass is 420 g/mol. The van der Waals surface area contributed by atoms with Crippen LogP contribution in [0.1, 0.15) is 44.1 Å². The van der Waals surface area contributed by atoms with Gasteiger partial charge in [-0.05, 0) is 52.3 Å². The van der Waals surface area contributed by atoms with E-state index in [2.05, 4.69) is 0 Å². The molecule has 154 valence electrons. The van der Waals surface area contributed by atoms with Crippen molar-refractivity contribution < 1.29 is 27.9 Å². The van der Waals surface area contributed by atoms with Crippen LogP contribution in [-0.4, -0.2) is 24.5 Å². The zero-order valence-corrected chi connectivity index (χ0v) is 17.9. The van der Waals surface area contributed by atoms with E-state index in [4.69, 9.17) is 4.74 Å². The fourth-order valence-corrected chi connectivity index (χ4v) is 4.99. The van der Waals surface area contributed by atoms with Gasteiger partial charge in [-0.15, -0.1) is 11.3 Å². The number of ketones is 3. The second-order valence-electron chi connectivity index (χ2n) is 8.33. The Morgan fingerprint density at radius 1 is 0.931 bits per heavy atom. The maximum Gasteiger partial charge on any atom is 0.165 e. The third-order valence-corrected chi connectivity index (χ3v) is 6.77. The lowest BCUT2D eigenvalue weighted by atomic mass is 9.57. The zero-order valence-electron chi connectivity index (χ0n) is 17.1. The fourth-order valence-electron chi connectivity index (χ4n) is 3.92. The van der Waals surface area contributed by atoms with Gasteiger partial charge in [-0.25, -0.2) is 8.78 Å². The highest BCUT2D eigenvalue weighted by molar-refractivity contribution is 7.15. The Balaban J connectivity index is 2.14. The molecule has 1 aromatic heterocycles. The van der Waals surface area contributed by atoms with Crippen molar-refractivity contribution in [2.45, 2.75) is 40.5 Å². The van der Waals surface area contributed by atoms with Crippen LogP contribution in [0.2, 0.25) is 0 Å². The topological polar surface area (TPSA) is 60.4 Å². The van der Waals surface area contributed by atoms with Gasteiger partial charge in [0, 0.05) is 21.4 Å². The predicted molar refractivity (Wildman–Crippen MR) is 106 cm³/mol. The van der Waals surface area contributed by atoms with Gasteiger partial charge in [0.05, 0.1) is 17.9 Å². The third kappa shape index (κ3) is 3.12. The van der Waals surface area contributed by atoms with Crippen LogP contribution in [0.5, 0.6) is 5.75 Å². The van der Waals surface area contributed by atoms with Crippen molar-refractivity contribution in [1.82, 2.24) is 0 Å². The number of carbonyl (C=O) groups excluding carboxylic acids is 3. The highest BCUT2D eigenvalue weighted by atomic mass is 32.1. The fraction of sp³-hybridized carbons (Fsp3) is 0.409. The Morgan fingerprint density at radius 2 is 1.48 bits per heavy atom. The number of aryl methyl sites for hydroxylation is 1. The highest BCUT2D eigenvalue weighted by Gasteiger charge is 2.58. The number of hydrogen-bond acceptors (Lipinski definition) is 5. The minimum Gasteiger partial charge on any atom is -0.494 e. The quantitative estimate of drug-likeness (QED) is 0.665. The maximum atomic E-state index is 14.5. The van der Waals surface area contributed by atoms with Crippen LogP contribution in [0.4, 0.5) is 8.78 Å². The van der Waals surface area contributed by atoms with Gasteiger partial charge in [0.15, 0.2) is 28.9 Å². The standard InChI is InChI=1S/C22H22F2O4S/c1-10-11(17-18(25)21(2,3)20(27)22(4,5)19(17)26)8-16(29-10)12-7-14(24)15(28-6)9-13(12)23/h7-9,17H,1-6H3. The number of ether oxygens (including phenoxy) is 1. The molecule has 1 heterocycles. The van der Waals surface area contributed by atoms with E-state index in [9.17, 15) is 23.2 Å². The normalized spacial score (nSPS) is 19.0. The summed E-state index contributed by atoms with van der Waals surface area (Å²) in [6.07, 6.45) is 0. The summed E-state index contributed by atoms with van der Waals surface area (Å²) in [5.41, 5.74) is -2.17. The third-order valence-electron chi connectivity index (χ3n) is 5.67. The number of thiophene rings is 1. The number of halogens is 2. The van der Waals surface area contributed by atoms with Crippen molar-refractivity contribution in [3.63, 3.8) is 0 Å². The minimum atomic E-state index is -1.31. The molecule has 1 fully saturated rings. The molecule has 1 aliphatic rings. The average Bonchev–Trinajstić information content (AvgIpc) is 3.02. The molecule has 29 heavy (non-hydrogen) atoms. The molecule has 0 radical (unpaired) electrons. The number of hydrogen-bond donors (Lipinski definition) is 0. The molecule has 1 aromatic carbocycles. The first-order chi connectivity index (χ1) is 13.3. The number of Topliss-reactive ketones (excluding diaryl/α,β-unsaturated/α-hetero) is 3. The molecule has 0 amide bonds. The summed E-state index contributed by atoms with van der Waals surface area (Å²) in [5, 5.41) is 0. The lowest BCUT2D eigenvalue weighted by molar-refractivity contribution is -0.157. The van der Waals surface area contributed by atoms with Crippen LogP contribution in [0, 0.1) is 29.4 Å². The Labute approximate surface area is 171 Å².